The van der Waals surface area contributed by atoms with Gasteiger partial charge in [0, 0.05) is 24.2 Å². The quantitative estimate of drug-likeness (QED) is 0.709. The fourth-order valence-corrected chi connectivity index (χ4v) is 6.20. The number of carbonyl (C=O) groups is 2. The number of benzene rings is 2. The van der Waals surface area contributed by atoms with Crippen LogP contribution >= 0.6 is 0 Å². The summed E-state index contributed by atoms with van der Waals surface area (Å²) in [4.78, 5) is 25.1. The maximum atomic E-state index is 12.6. The van der Waals surface area contributed by atoms with Crippen molar-refractivity contribution in [3.05, 3.63) is 58.7 Å². The highest BCUT2D eigenvalue weighted by atomic mass is 32.2. The zero-order valence-electron chi connectivity index (χ0n) is 18.5. The minimum Gasteiger partial charge on any atom is -0.326 e. The van der Waals surface area contributed by atoms with Gasteiger partial charge in [-0.3, -0.25) is 9.59 Å². The molecule has 1 aliphatic heterocycles. The number of hydrogen-bond donors (Lipinski definition) is 2. The Labute approximate surface area is 184 Å². The summed E-state index contributed by atoms with van der Waals surface area (Å²) >= 11 is 0. The van der Waals surface area contributed by atoms with Crippen LogP contribution in [-0.4, -0.2) is 31.7 Å². The molecule has 0 unspecified atom stereocenters. The van der Waals surface area contributed by atoms with Crippen LogP contribution in [0.5, 0.6) is 0 Å². The highest BCUT2D eigenvalue weighted by Gasteiger charge is 2.39. The lowest BCUT2D eigenvalue weighted by Gasteiger charge is -2.18. The lowest BCUT2D eigenvalue weighted by Crippen LogP contribution is -2.25. The van der Waals surface area contributed by atoms with Crippen molar-refractivity contribution in [2.24, 2.45) is 11.8 Å². The Morgan fingerprint density at radius 3 is 1.48 bits per heavy atom. The fourth-order valence-electron chi connectivity index (χ4n) is 3.98. The monoisotopic (exact) mass is 442 g/mol. The Morgan fingerprint density at radius 1 is 0.742 bits per heavy atom. The molecule has 2 atom stereocenters. The molecule has 1 saturated heterocycles. The lowest BCUT2D eigenvalue weighted by molar-refractivity contribution is -0.119. The fraction of sp³-hybridized carbons (Fsp3) is 0.417. The number of carbonyl (C=O) groups excluding carboxylic acids is 2. The topological polar surface area (TPSA) is 92.3 Å². The molecule has 2 N–H and O–H groups in total. The molecule has 0 spiro atoms. The maximum absolute atomic E-state index is 12.6. The Kier molecular flexibility index (Phi) is 6.84. The van der Waals surface area contributed by atoms with E-state index in [2.05, 4.69) is 10.6 Å². The van der Waals surface area contributed by atoms with E-state index in [-0.39, 0.29) is 48.0 Å². The van der Waals surface area contributed by atoms with E-state index >= 15 is 0 Å². The van der Waals surface area contributed by atoms with Crippen LogP contribution in [0.1, 0.15) is 35.1 Å². The normalized spacial score (nSPS) is 19.7. The summed E-state index contributed by atoms with van der Waals surface area (Å²) in [5.74, 6) is -1.33. The second-order valence-corrected chi connectivity index (χ2v) is 10.9. The first-order chi connectivity index (χ1) is 14.5. The van der Waals surface area contributed by atoms with E-state index in [4.69, 9.17) is 0 Å². The second kappa shape index (κ2) is 9.22. The van der Waals surface area contributed by atoms with E-state index in [0.717, 1.165) is 22.3 Å². The van der Waals surface area contributed by atoms with Crippen molar-refractivity contribution in [3.8, 4) is 0 Å². The van der Waals surface area contributed by atoms with Crippen LogP contribution in [0.3, 0.4) is 0 Å². The smallest absolute Gasteiger partial charge is 0.224 e. The number of aryl methyl sites for hydroxylation is 4. The van der Waals surface area contributed by atoms with Gasteiger partial charge in [-0.25, -0.2) is 8.42 Å². The van der Waals surface area contributed by atoms with E-state index in [1.165, 1.54) is 0 Å². The molecule has 2 aromatic rings. The van der Waals surface area contributed by atoms with Gasteiger partial charge >= 0.3 is 0 Å². The van der Waals surface area contributed by atoms with Gasteiger partial charge < -0.3 is 10.6 Å². The van der Waals surface area contributed by atoms with Crippen molar-refractivity contribution >= 4 is 33.0 Å². The molecular formula is C24H30N2O4S. The average molecular weight is 443 g/mol. The zero-order valence-corrected chi connectivity index (χ0v) is 19.3. The standard InChI is InChI=1S/C24H30N2O4S/c1-15-5-7-21(9-17(15)3)25-23(27)11-19-13-31(29,30)14-20(19)12-24(28)26-22-8-6-16(2)18(4)10-22/h5-10,19-20H,11-14H2,1-4H3,(H,25,27)(H,26,28)/t19-,20-/m0/s1. The summed E-state index contributed by atoms with van der Waals surface area (Å²) in [6.45, 7) is 7.94. The number of anilines is 2. The van der Waals surface area contributed by atoms with Gasteiger partial charge in [0.1, 0.15) is 0 Å². The number of sulfone groups is 1. The average Bonchev–Trinajstić information content (AvgIpc) is 2.94. The van der Waals surface area contributed by atoms with E-state index in [1.807, 2.05) is 64.1 Å². The lowest BCUT2D eigenvalue weighted by atomic mass is 9.89. The third kappa shape index (κ3) is 6.17. The molecule has 0 aliphatic carbocycles. The second-order valence-electron chi connectivity index (χ2n) is 8.70. The van der Waals surface area contributed by atoms with Crippen molar-refractivity contribution in [3.63, 3.8) is 0 Å². The summed E-state index contributed by atoms with van der Waals surface area (Å²) in [6, 6.07) is 11.3. The number of hydrogen-bond acceptors (Lipinski definition) is 4. The van der Waals surface area contributed by atoms with E-state index in [0.29, 0.717) is 11.4 Å². The van der Waals surface area contributed by atoms with Gasteiger partial charge in [-0.1, -0.05) is 12.1 Å². The molecule has 1 aliphatic rings. The van der Waals surface area contributed by atoms with Gasteiger partial charge in [-0.05, 0) is 86.1 Å². The molecule has 0 saturated carbocycles. The Balaban J connectivity index is 1.63. The predicted molar refractivity (Wildman–Crippen MR) is 124 cm³/mol. The largest absolute Gasteiger partial charge is 0.326 e. The van der Waals surface area contributed by atoms with Crippen molar-refractivity contribution < 1.29 is 18.0 Å². The number of nitrogens with one attached hydrogen (secondary N) is 2. The first-order valence-corrected chi connectivity index (χ1v) is 12.3. The summed E-state index contributed by atoms with van der Waals surface area (Å²) in [7, 11) is -3.27. The molecule has 1 heterocycles. The van der Waals surface area contributed by atoms with Crippen LogP contribution in [0.25, 0.3) is 0 Å². The van der Waals surface area contributed by atoms with Crippen molar-refractivity contribution in [2.75, 3.05) is 22.1 Å². The molecule has 6 nitrogen and oxygen atoms in total. The molecule has 166 valence electrons. The van der Waals surface area contributed by atoms with Gasteiger partial charge in [0.2, 0.25) is 11.8 Å². The van der Waals surface area contributed by atoms with Gasteiger partial charge in [0.25, 0.3) is 0 Å². The summed E-state index contributed by atoms with van der Waals surface area (Å²) < 4.78 is 24.5. The predicted octanol–water partition coefficient (Wildman–Crippen LogP) is 3.94. The van der Waals surface area contributed by atoms with Gasteiger partial charge in [-0.15, -0.1) is 0 Å². The van der Waals surface area contributed by atoms with Gasteiger partial charge in [-0.2, -0.15) is 0 Å². The molecule has 7 heteroatoms. The Bertz CT molecular complexity index is 1030. The van der Waals surface area contributed by atoms with Gasteiger partial charge in [0.15, 0.2) is 9.84 Å². The van der Waals surface area contributed by atoms with Crippen LogP contribution < -0.4 is 10.6 Å². The Hall–Kier alpha value is -2.67. The minimum absolute atomic E-state index is 0.0606. The zero-order chi connectivity index (χ0) is 22.8. The van der Waals surface area contributed by atoms with Crippen LogP contribution in [0.15, 0.2) is 36.4 Å². The molecule has 1 fully saturated rings. The van der Waals surface area contributed by atoms with E-state index in [9.17, 15) is 18.0 Å². The molecule has 2 amide bonds. The van der Waals surface area contributed by atoms with Crippen molar-refractivity contribution in [1.82, 2.24) is 0 Å². The molecule has 3 rings (SSSR count). The van der Waals surface area contributed by atoms with E-state index < -0.39 is 9.84 Å². The first-order valence-electron chi connectivity index (χ1n) is 10.5. The number of rotatable bonds is 6. The third-order valence-electron chi connectivity index (χ3n) is 6.08. The molecule has 2 aromatic carbocycles. The highest BCUT2D eigenvalue weighted by Crippen LogP contribution is 2.31. The maximum Gasteiger partial charge on any atom is 0.224 e. The van der Waals surface area contributed by atoms with Crippen LogP contribution in [0, 0.1) is 39.5 Å². The molecule has 0 bridgehead atoms. The number of amides is 2. The molecule has 0 radical (unpaired) electrons. The molecule has 0 aromatic heterocycles. The molecular weight excluding hydrogens is 412 g/mol. The first kappa shape index (κ1) is 23.0. The van der Waals surface area contributed by atoms with Crippen LogP contribution in [-0.2, 0) is 19.4 Å². The van der Waals surface area contributed by atoms with Crippen molar-refractivity contribution in [1.29, 1.82) is 0 Å². The Morgan fingerprint density at radius 2 is 1.13 bits per heavy atom. The van der Waals surface area contributed by atoms with Crippen LogP contribution in [0.2, 0.25) is 0 Å². The highest BCUT2D eigenvalue weighted by molar-refractivity contribution is 7.91. The van der Waals surface area contributed by atoms with Crippen LogP contribution in [0.4, 0.5) is 11.4 Å². The minimum atomic E-state index is -3.27. The molecule has 31 heavy (non-hydrogen) atoms. The van der Waals surface area contributed by atoms with Gasteiger partial charge in [0.05, 0.1) is 11.5 Å². The third-order valence-corrected chi connectivity index (χ3v) is 7.95. The van der Waals surface area contributed by atoms with Crippen molar-refractivity contribution in [2.45, 2.75) is 40.5 Å². The summed E-state index contributed by atoms with van der Waals surface area (Å²) in [6.07, 6.45) is 0.154. The SMILES string of the molecule is Cc1ccc(NC(=O)C[C@H]2CS(=O)(=O)C[C@@H]2CC(=O)Nc2ccc(C)c(C)c2)cc1C. The summed E-state index contributed by atoms with van der Waals surface area (Å²) in [5, 5.41) is 5.71. The summed E-state index contributed by atoms with van der Waals surface area (Å²) in [5.41, 5.74) is 5.80. The van der Waals surface area contributed by atoms with E-state index in [1.54, 1.807) is 0 Å².